The number of fused-ring (bicyclic) bond motifs is 1. The molecule has 2 aliphatic heterocycles. The van der Waals surface area contributed by atoms with Crippen LogP contribution in [0.2, 0.25) is 0 Å². The average Bonchev–Trinajstić information content (AvgIpc) is 2.88. The summed E-state index contributed by atoms with van der Waals surface area (Å²) in [5.74, 6) is 0.164. The standard InChI is InChI=1S/C22H31N3O2/c26-21-12-6-8-18-7-4-5-11-20(18)25(21)17-22(27)24-15-13-23(14-16-24)19-9-2-1-3-10-19/h4-5,7,11,19H,1-3,6,8-10,12-17H2. The van der Waals surface area contributed by atoms with Crippen molar-refractivity contribution in [1.29, 1.82) is 0 Å². The fraction of sp³-hybridized carbons (Fsp3) is 0.636. The maximum atomic E-state index is 12.9. The highest BCUT2D eigenvalue weighted by molar-refractivity contribution is 5.99. The van der Waals surface area contributed by atoms with Crippen molar-refractivity contribution in [2.75, 3.05) is 37.6 Å². The first-order chi connectivity index (χ1) is 13.2. The van der Waals surface area contributed by atoms with E-state index in [-0.39, 0.29) is 18.4 Å². The smallest absolute Gasteiger partial charge is 0.242 e. The molecule has 0 atom stereocenters. The SMILES string of the molecule is O=C(CN1C(=O)CCCc2ccccc21)N1CCN(C2CCCCC2)CC1. The largest absolute Gasteiger partial charge is 0.339 e. The molecule has 0 radical (unpaired) electrons. The number of rotatable bonds is 3. The Morgan fingerprint density at radius 1 is 0.926 bits per heavy atom. The number of benzene rings is 1. The molecule has 0 bridgehead atoms. The number of aryl methyl sites for hydroxylation is 1. The monoisotopic (exact) mass is 369 g/mol. The number of carbonyl (C=O) groups excluding carboxylic acids is 2. The molecule has 1 aromatic rings. The van der Waals surface area contributed by atoms with Crippen LogP contribution in [0.1, 0.15) is 50.5 Å². The number of carbonyl (C=O) groups is 2. The minimum Gasteiger partial charge on any atom is -0.339 e. The number of amides is 2. The number of hydrogen-bond acceptors (Lipinski definition) is 3. The molecule has 2 heterocycles. The van der Waals surface area contributed by atoms with Gasteiger partial charge < -0.3 is 9.80 Å². The number of anilines is 1. The quantitative estimate of drug-likeness (QED) is 0.823. The van der Waals surface area contributed by atoms with E-state index in [2.05, 4.69) is 11.0 Å². The van der Waals surface area contributed by atoms with Gasteiger partial charge in [0.25, 0.3) is 0 Å². The minimum absolute atomic E-state index is 0.0779. The molecule has 5 heteroatoms. The van der Waals surface area contributed by atoms with Crippen LogP contribution in [-0.4, -0.2) is 60.4 Å². The molecule has 146 valence electrons. The molecule has 4 rings (SSSR count). The summed E-state index contributed by atoms with van der Waals surface area (Å²) in [5, 5.41) is 0. The lowest BCUT2D eigenvalue weighted by Gasteiger charge is -2.41. The zero-order valence-corrected chi connectivity index (χ0v) is 16.2. The molecule has 27 heavy (non-hydrogen) atoms. The van der Waals surface area contributed by atoms with Crippen LogP contribution in [0.5, 0.6) is 0 Å². The van der Waals surface area contributed by atoms with Gasteiger partial charge in [0.05, 0.1) is 0 Å². The van der Waals surface area contributed by atoms with E-state index in [0.717, 1.165) is 50.7 Å². The summed E-state index contributed by atoms with van der Waals surface area (Å²) in [6, 6.07) is 8.74. The van der Waals surface area contributed by atoms with E-state index in [1.54, 1.807) is 4.90 Å². The van der Waals surface area contributed by atoms with Gasteiger partial charge in [0.1, 0.15) is 6.54 Å². The first kappa shape index (κ1) is 18.5. The number of piperazine rings is 1. The predicted molar refractivity (Wildman–Crippen MR) is 107 cm³/mol. The van der Waals surface area contributed by atoms with Gasteiger partial charge in [-0.2, -0.15) is 0 Å². The van der Waals surface area contributed by atoms with Crippen LogP contribution in [0.4, 0.5) is 5.69 Å². The Hall–Kier alpha value is -1.88. The first-order valence-corrected chi connectivity index (χ1v) is 10.6. The van der Waals surface area contributed by atoms with Crippen molar-refractivity contribution in [3.05, 3.63) is 29.8 Å². The van der Waals surface area contributed by atoms with Gasteiger partial charge in [0.2, 0.25) is 11.8 Å². The van der Waals surface area contributed by atoms with Crippen LogP contribution in [0.25, 0.3) is 0 Å². The highest BCUT2D eigenvalue weighted by Gasteiger charge is 2.30. The molecule has 1 saturated carbocycles. The van der Waals surface area contributed by atoms with E-state index in [1.807, 2.05) is 23.1 Å². The molecule has 5 nitrogen and oxygen atoms in total. The Kier molecular flexibility index (Phi) is 5.77. The second kappa shape index (κ2) is 8.42. The Balaban J connectivity index is 1.37. The summed E-state index contributed by atoms with van der Waals surface area (Å²) in [6.07, 6.45) is 8.99. The minimum atomic E-state index is 0.0779. The van der Waals surface area contributed by atoms with Gasteiger partial charge in [-0.3, -0.25) is 14.5 Å². The first-order valence-electron chi connectivity index (χ1n) is 10.6. The summed E-state index contributed by atoms with van der Waals surface area (Å²) >= 11 is 0. The fourth-order valence-corrected chi connectivity index (χ4v) is 4.88. The number of hydrogen-bond donors (Lipinski definition) is 0. The zero-order chi connectivity index (χ0) is 18.6. The molecule has 1 aliphatic carbocycles. The average molecular weight is 370 g/mol. The lowest BCUT2D eigenvalue weighted by Crippen LogP contribution is -2.54. The fourth-order valence-electron chi connectivity index (χ4n) is 4.88. The third kappa shape index (κ3) is 4.18. The second-order valence-corrected chi connectivity index (χ2v) is 8.17. The third-order valence-electron chi connectivity index (χ3n) is 6.47. The van der Waals surface area contributed by atoms with Crippen molar-refractivity contribution in [3.63, 3.8) is 0 Å². The molecule has 0 spiro atoms. The normalized spacial score (nSPS) is 22.4. The van der Waals surface area contributed by atoms with Gasteiger partial charge in [-0.25, -0.2) is 0 Å². The third-order valence-corrected chi connectivity index (χ3v) is 6.47. The highest BCUT2D eigenvalue weighted by atomic mass is 16.2. The molecule has 0 N–H and O–H groups in total. The summed E-state index contributed by atoms with van der Waals surface area (Å²) in [7, 11) is 0. The number of para-hydroxylation sites is 1. The Bertz CT molecular complexity index is 676. The van der Waals surface area contributed by atoms with E-state index in [9.17, 15) is 9.59 Å². The van der Waals surface area contributed by atoms with Crippen molar-refractivity contribution in [2.24, 2.45) is 0 Å². The molecular formula is C22H31N3O2. The highest BCUT2D eigenvalue weighted by Crippen LogP contribution is 2.27. The van der Waals surface area contributed by atoms with Crippen LogP contribution in [0, 0.1) is 0 Å². The maximum absolute atomic E-state index is 12.9. The summed E-state index contributed by atoms with van der Waals surface area (Å²) in [4.78, 5) is 31.8. The van der Waals surface area contributed by atoms with Crippen molar-refractivity contribution in [1.82, 2.24) is 9.80 Å². The van der Waals surface area contributed by atoms with E-state index in [0.29, 0.717) is 6.42 Å². The molecule has 1 aromatic carbocycles. The van der Waals surface area contributed by atoms with E-state index >= 15 is 0 Å². The molecule has 3 aliphatic rings. The molecule has 2 amide bonds. The predicted octanol–water partition coefficient (Wildman–Crippen LogP) is 2.83. The van der Waals surface area contributed by atoms with Crippen LogP contribution < -0.4 is 4.90 Å². The van der Waals surface area contributed by atoms with Crippen molar-refractivity contribution < 1.29 is 9.59 Å². The summed E-state index contributed by atoms with van der Waals surface area (Å²) in [5.41, 5.74) is 2.10. The molecule has 0 unspecified atom stereocenters. The summed E-state index contributed by atoms with van der Waals surface area (Å²) in [6.45, 7) is 3.71. The molecule has 0 aromatic heterocycles. The van der Waals surface area contributed by atoms with Gasteiger partial charge in [0, 0.05) is 44.3 Å². The van der Waals surface area contributed by atoms with E-state index in [1.165, 1.54) is 37.7 Å². The van der Waals surface area contributed by atoms with Crippen LogP contribution in [-0.2, 0) is 16.0 Å². The number of nitrogens with zero attached hydrogens (tertiary/aromatic N) is 3. The Morgan fingerprint density at radius 3 is 2.44 bits per heavy atom. The van der Waals surface area contributed by atoms with Gasteiger partial charge in [0.15, 0.2) is 0 Å². The Morgan fingerprint density at radius 2 is 1.67 bits per heavy atom. The second-order valence-electron chi connectivity index (χ2n) is 8.17. The van der Waals surface area contributed by atoms with Gasteiger partial charge in [-0.15, -0.1) is 0 Å². The Labute approximate surface area is 162 Å². The van der Waals surface area contributed by atoms with Gasteiger partial charge >= 0.3 is 0 Å². The zero-order valence-electron chi connectivity index (χ0n) is 16.2. The van der Waals surface area contributed by atoms with Crippen LogP contribution >= 0.6 is 0 Å². The topological polar surface area (TPSA) is 43.9 Å². The van der Waals surface area contributed by atoms with Crippen LogP contribution in [0.3, 0.4) is 0 Å². The van der Waals surface area contributed by atoms with Crippen molar-refractivity contribution in [2.45, 2.75) is 57.4 Å². The van der Waals surface area contributed by atoms with E-state index in [4.69, 9.17) is 0 Å². The van der Waals surface area contributed by atoms with Crippen molar-refractivity contribution in [3.8, 4) is 0 Å². The van der Waals surface area contributed by atoms with Gasteiger partial charge in [-0.05, 0) is 37.3 Å². The van der Waals surface area contributed by atoms with Crippen molar-refractivity contribution >= 4 is 17.5 Å². The molecule has 1 saturated heterocycles. The molecule has 2 fully saturated rings. The molecular weight excluding hydrogens is 338 g/mol. The van der Waals surface area contributed by atoms with Crippen LogP contribution in [0.15, 0.2) is 24.3 Å². The lowest BCUT2D eigenvalue weighted by molar-refractivity contribution is -0.133. The van der Waals surface area contributed by atoms with Gasteiger partial charge in [-0.1, -0.05) is 37.5 Å². The lowest BCUT2D eigenvalue weighted by atomic mass is 9.94. The summed E-state index contributed by atoms with van der Waals surface area (Å²) < 4.78 is 0. The van der Waals surface area contributed by atoms with E-state index < -0.39 is 0 Å². The maximum Gasteiger partial charge on any atom is 0.242 e.